The Morgan fingerprint density at radius 3 is 2.52 bits per heavy atom. The lowest BCUT2D eigenvalue weighted by atomic mass is 9.99. The van der Waals surface area contributed by atoms with Gasteiger partial charge in [-0.25, -0.2) is 4.98 Å². The van der Waals surface area contributed by atoms with Crippen LogP contribution in [0.25, 0.3) is 10.6 Å². The van der Waals surface area contributed by atoms with Crippen molar-refractivity contribution < 1.29 is 14.3 Å². The third kappa shape index (κ3) is 4.66. The molecule has 2 aliphatic rings. The van der Waals surface area contributed by atoms with E-state index in [0.29, 0.717) is 33.8 Å². The number of likely N-dealkylation sites (tertiary alicyclic amines) is 1. The van der Waals surface area contributed by atoms with Gasteiger partial charge in [0.2, 0.25) is 5.91 Å². The Morgan fingerprint density at radius 2 is 1.86 bits per heavy atom. The van der Waals surface area contributed by atoms with E-state index in [1.807, 2.05) is 10.3 Å². The molecule has 0 aliphatic carbocycles. The van der Waals surface area contributed by atoms with E-state index in [4.69, 9.17) is 10.5 Å². The average molecular weight is 415 g/mol. The van der Waals surface area contributed by atoms with Crippen molar-refractivity contribution in [3.63, 3.8) is 0 Å². The summed E-state index contributed by atoms with van der Waals surface area (Å²) in [7, 11) is 0. The van der Waals surface area contributed by atoms with Gasteiger partial charge in [-0.2, -0.15) is 0 Å². The first-order chi connectivity index (χ1) is 14.1. The van der Waals surface area contributed by atoms with Gasteiger partial charge in [-0.3, -0.25) is 9.59 Å². The van der Waals surface area contributed by atoms with Crippen LogP contribution in [0.5, 0.6) is 0 Å². The molecule has 2 aromatic rings. The van der Waals surface area contributed by atoms with Gasteiger partial charge in [0, 0.05) is 66.7 Å². The Morgan fingerprint density at radius 1 is 1.14 bits per heavy atom. The highest BCUT2D eigenvalue weighted by Crippen LogP contribution is 2.28. The quantitative estimate of drug-likeness (QED) is 0.782. The normalized spacial score (nSPS) is 18.7. The van der Waals surface area contributed by atoms with E-state index in [9.17, 15) is 9.59 Å². The molecule has 4 rings (SSSR count). The lowest BCUT2D eigenvalue weighted by molar-refractivity contribution is 0.0631. The molecule has 1 aromatic carbocycles. The van der Waals surface area contributed by atoms with Crippen molar-refractivity contribution in [3.05, 3.63) is 40.9 Å². The van der Waals surface area contributed by atoms with E-state index < -0.39 is 5.91 Å². The molecule has 2 amide bonds. The minimum atomic E-state index is -0.519. The zero-order chi connectivity index (χ0) is 20.2. The van der Waals surface area contributed by atoms with Gasteiger partial charge in [0.25, 0.3) is 5.91 Å². The number of aromatic nitrogens is 1. The number of hydrogen-bond acceptors (Lipinski definition) is 6. The summed E-state index contributed by atoms with van der Waals surface area (Å²) in [5, 5.41) is 6.25. The number of nitrogens with two attached hydrogens (primary N) is 1. The van der Waals surface area contributed by atoms with Crippen LogP contribution in [0.3, 0.4) is 0 Å². The van der Waals surface area contributed by atoms with E-state index in [1.54, 1.807) is 24.4 Å². The molecule has 2 fully saturated rings. The molecular weight excluding hydrogens is 388 g/mol. The molecule has 3 N–H and O–H groups in total. The summed E-state index contributed by atoms with van der Waals surface area (Å²) in [5.74, 6) is -0.530. The molecule has 2 aliphatic heterocycles. The molecule has 1 aromatic heterocycles. The van der Waals surface area contributed by atoms with Gasteiger partial charge in [0.1, 0.15) is 5.01 Å². The minimum absolute atomic E-state index is 0.0108. The van der Waals surface area contributed by atoms with E-state index in [2.05, 4.69) is 10.3 Å². The number of rotatable bonds is 5. The number of carbonyl (C=O) groups is 2. The highest BCUT2D eigenvalue weighted by molar-refractivity contribution is 7.13. The predicted octanol–water partition coefficient (Wildman–Crippen LogP) is 2.28. The van der Waals surface area contributed by atoms with Crippen LogP contribution in [0.2, 0.25) is 0 Å². The number of piperidine rings is 1. The van der Waals surface area contributed by atoms with Crippen molar-refractivity contribution >= 4 is 23.2 Å². The van der Waals surface area contributed by atoms with Gasteiger partial charge in [-0.1, -0.05) is 0 Å². The van der Waals surface area contributed by atoms with Gasteiger partial charge in [-0.05, 0) is 43.9 Å². The Balaban J connectivity index is 1.42. The van der Waals surface area contributed by atoms with Crippen LogP contribution in [-0.2, 0) is 4.74 Å². The maximum absolute atomic E-state index is 13.1. The number of thiazole rings is 1. The van der Waals surface area contributed by atoms with Crippen molar-refractivity contribution in [2.45, 2.75) is 37.8 Å². The Hall–Kier alpha value is -2.29. The molecule has 7 nitrogen and oxygen atoms in total. The maximum atomic E-state index is 13.1. The third-order valence-corrected chi connectivity index (χ3v) is 6.48. The van der Waals surface area contributed by atoms with E-state index >= 15 is 0 Å². The topological polar surface area (TPSA) is 97.6 Å². The first-order valence-electron chi connectivity index (χ1n) is 10.1. The Bertz CT molecular complexity index is 857. The molecule has 3 heterocycles. The Labute approximate surface area is 174 Å². The summed E-state index contributed by atoms with van der Waals surface area (Å²) in [6.07, 6.45) is 5.69. The van der Waals surface area contributed by atoms with E-state index in [1.165, 1.54) is 11.3 Å². The number of benzene rings is 1. The van der Waals surface area contributed by atoms with E-state index in [-0.39, 0.29) is 5.91 Å². The standard InChI is InChI=1S/C21H26N4O3S/c22-19(26)17-2-1-14(13-18(17)20-23-7-12-29-20)21(27)25-8-3-15(4-9-25)24-16-5-10-28-11-6-16/h1-2,7,12-13,15-16,24H,3-6,8-11H2,(H2,22,26). The number of carbonyl (C=O) groups excluding carboxylic acids is 2. The molecule has 0 saturated carbocycles. The molecule has 154 valence electrons. The van der Waals surface area contributed by atoms with Crippen LogP contribution in [-0.4, -0.2) is 60.1 Å². The molecular formula is C21H26N4O3S. The summed E-state index contributed by atoms with van der Waals surface area (Å²) >= 11 is 1.42. The maximum Gasteiger partial charge on any atom is 0.253 e. The summed E-state index contributed by atoms with van der Waals surface area (Å²) < 4.78 is 5.42. The SMILES string of the molecule is NC(=O)c1ccc(C(=O)N2CCC(NC3CCOCC3)CC2)cc1-c1nccs1. The van der Waals surface area contributed by atoms with Crippen molar-refractivity contribution in [3.8, 4) is 10.6 Å². The zero-order valence-corrected chi connectivity index (χ0v) is 17.1. The molecule has 0 radical (unpaired) electrons. The molecule has 0 unspecified atom stereocenters. The number of nitrogens with zero attached hydrogens (tertiary/aromatic N) is 2. The van der Waals surface area contributed by atoms with Gasteiger partial charge < -0.3 is 20.7 Å². The van der Waals surface area contributed by atoms with Crippen LogP contribution in [0.15, 0.2) is 29.8 Å². The molecule has 0 spiro atoms. The first kappa shape index (κ1) is 20.0. The molecule has 2 saturated heterocycles. The van der Waals surface area contributed by atoms with Crippen molar-refractivity contribution in [1.29, 1.82) is 0 Å². The number of ether oxygens (including phenoxy) is 1. The Kier molecular flexibility index (Phi) is 6.22. The molecule has 29 heavy (non-hydrogen) atoms. The summed E-state index contributed by atoms with van der Waals surface area (Å²) in [4.78, 5) is 31.0. The number of primary amides is 1. The van der Waals surface area contributed by atoms with Crippen LogP contribution >= 0.6 is 11.3 Å². The van der Waals surface area contributed by atoms with Crippen LogP contribution in [0.4, 0.5) is 0 Å². The highest BCUT2D eigenvalue weighted by Gasteiger charge is 2.26. The van der Waals surface area contributed by atoms with Gasteiger partial charge in [0.15, 0.2) is 0 Å². The predicted molar refractivity (Wildman–Crippen MR) is 112 cm³/mol. The summed E-state index contributed by atoms with van der Waals surface area (Å²) in [6.45, 7) is 3.11. The fourth-order valence-electron chi connectivity index (χ4n) is 4.05. The molecule has 0 atom stereocenters. The lowest BCUT2D eigenvalue weighted by Crippen LogP contribution is -2.49. The van der Waals surface area contributed by atoms with Crippen LogP contribution in [0.1, 0.15) is 46.4 Å². The number of hydrogen-bond donors (Lipinski definition) is 2. The lowest BCUT2D eigenvalue weighted by Gasteiger charge is -2.35. The zero-order valence-electron chi connectivity index (χ0n) is 16.3. The van der Waals surface area contributed by atoms with Crippen molar-refractivity contribution in [1.82, 2.24) is 15.2 Å². The first-order valence-corrected chi connectivity index (χ1v) is 11.0. The van der Waals surface area contributed by atoms with Crippen molar-refractivity contribution in [2.24, 2.45) is 5.73 Å². The monoisotopic (exact) mass is 414 g/mol. The fraction of sp³-hybridized carbons (Fsp3) is 0.476. The second-order valence-corrected chi connectivity index (χ2v) is 8.48. The fourth-order valence-corrected chi connectivity index (χ4v) is 4.72. The number of amides is 2. The van der Waals surface area contributed by atoms with Crippen molar-refractivity contribution in [2.75, 3.05) is 26.3 Å². The van der Waals surface area contributed by atoms with Gasteiger partial charge in [0.05, 0.1) is 0 Å². The summed E-state index contributed by atoms with van der Waals surface area (Å²) in [5.41, 5.74) is 7.08. The second kappa shape index (κ2) is 9.02. The molecule has 0 bridgehead atoms. The van der Waals surface area contributed by atoms with E-state index in [0.717, 1.165) is 52.0 Å². The smallest absolute Gasteiger partial charge is 0.253 e. The van der Waals surface area contributed by atoms with Gasteiger partial charge in [-0.15, -0.1) is 11.3 Å². The largest absolute Gasteiger partial charge is 0.381 e. The molecule has 8 heteroatoms. The van der Waals surface area contributed by atoms with Crippen LogP contribution in [0, 0.1) is 0 Å². The van der Waals surface area contributed by atoms with Gasteiger partial charge >= 0.3 is 0 Å². The average Bonchev–Trinajstić information content (AvgIpc) is 3.29. The minimum Gasteiger partial charge on any atom is -0.381 e. The van der Waals surface area contributed by atoms with Crippen LogP contribution < -0.4 is 11.1 Å². The second-order valence-electron chi connectivity index (χ2n) is 7.58. The summed E-state index contributed by atoms with van der Waals surface area (Å²) in [6, 6.07) is 6.04. The third-order valence-electron chi connectivity index (χ3n) is 5.67. The number of nitrogens with one attached hydrogen (secondary N) is 1. The highest BCUT2D eigenvalue weighted by atomic mass is 32.1.